The number of thioether (sulfide) groups is 1. The Morgan fingerprint density at radius 1 is 1.47 bits per heavy atom. The van der Waals surface area contributed by atoms with E-state index in [0.717, 1.165) is 30.8 Å². The highest BCUT2D eigenvalue weighted by atomic mass is 32.2. The smallest absolute Gasteiger partial charge is 0.176 e. The summed E-state index contributed by atoms with van der Waals surface area (Å²) in [5.41, 5.74) is 0.297. The van der Waals surface area contributed by atoms with Crippen molar-refractivity contribution in [3.8, 4) is 0 Å². The first-order chi connectivity index (χ1) is 6.92. The fourth-order valence-electron chi connectivity index (χ4n) is 1.60. The Bertz CT molecular complexity index is 234. The molecule has 88 valence electrons. The summed E-state index contributed by atoms with van der Waals surface area (Å²) < 4.78 is 0. The molecule has 0 spiro atoms. The molecular formula is C10H22N4S. The molecule has 0 atom stereocenters. The molecule has 0 saturated carbocycles. The predicted octanol–water partition coefficient (Wildman–Crippen LogP) is 1.55. The Morgan fingerprint density at radius 2 is 2.13 bits per heavy atom. The summed E-state index contributed by atoms with van der Waals surface area (Å²) in [5.74, 6) is 6.93. The molecule has 0 radical (unpaired) electrons. The van der Waals surface area contributed by atoms with Gasteiger partial charge < -0.3 is 0 Å². The van der Waals surface area contributed by atoms with Crippen LogP contribution in [0.4, 0.5) is 0 Å². The molecular weight excluding hydrogens is 208 g/mol. The average molecular weight is 230 g/mol. The second-order valence-electron chi connectivity index (χ2n) is 5.02. The topological polar surface area (TPSA) is 44.9 Å². The van der Waals surface area contributed by atoms with Gasteiger partial charge in [0, 0.05) is 6.54 Å². The third-order valence-corrected chi connectivity index (χ3v) is 2.89. The van der Waals surface area contributed by atoms with Crippen LogP contribution in [0.15, 0.2) is 4.99 Å². The molecule has 5 heteroatoms. The number of rotatable bonds is 2. The van der Waals surface area contributed by atoms with Crippen molar-refractivity contribution in [3.63, 3.8) is 0 Å². The highest BCUT2D eigenvalue weighted by Crippen LogP contribution is 2.18. The van der Waals surface area contributed by atoms with Gasteiger partial charge in [0.05, 0.1) is 13.3 Å². The molecule has 0 fully saturated rings. The zero-order chi connectivity index (χ0) is 11.5. The van der Waals surface area contributed by atoms with Gasteiger partial charge in [-0.1, -0.05) is 39.5 Å². The zero-order valence-corrected chi connectivity index (χ0v) is 11.0. The Morgan fingerprint density at radius 3 is 2.60 bits per heavy atom. The minimum atomic E-state index is 0.297. The molecule has 0 aromatic rings. The fourth-order valence-corrected chi connectivity index (χ4v) is 2.23. The molecule has 2 N–H and O–H groups in total. The number of nitrogens with two attached hydrogens (primary N) is 1. The minimum Gasteiger partial charge on any atom is -0.275 e. The summed E-state index contributed by atoms with van der Waals surface area (Å²) in [4.78, 5) is 6.74. The molecule has 0 saturated heterocycles. The summed E-state index contributed by atoms with van der Waals surface area (Å²) in [6.45, 7) is 11.4. The Balaban J connectivity index is 2.50. The van der Waals surface area contributed by atoms with Crippen LogP contribution < -0.4 is 5.84 Å². The number of hydrogen-bond acceptors (Lipinski definition) is 5. The van der Waals surface area contributed by atoms with Crippen LogP contribution in [0.5, 0.6) is 0 Å². The van der Waals surface area contributed by atoms with Gasteiger partial charge in [0.1, 0.15) is 0 Å². The highest BCUT2D eigenvalue weighted by molar-refractivity contribution is 8.13. The first kappa shape index (κ1) is 12.8. The summed E-state index contributed by atoms with van der Waals surface area (Å²) in [6.07, 6.45) is 0. The van der Waals surface area contributed by atoms with E-state index in [0.29, 0.717) is 5.41 Å². The normalized spacial score (nSPS) is 19.3. The van der Waals surface area contributed by atoms with E-state index in [9.17, 15) is 0 Å². The molecule has 0 bridgehead atoms. The number of aliphatic imine (C=N–C) groups is 1. The summed E-state index contributed by atoms with van der Waals surface area (Å²) in [7, 11) is 0. The first-order valence-corrected chi connectivity index (χ1v) is 6.33. The lowest BCUT2D eigenvalue weighted by Crippen LogP contribution is -2.50. The number of nitrogens with zero attached hydrogens (tertiary/aromatic N) is 3. The molecule has 1 aliphatic rings. The number of amidine groups is 1. The van der Waals surface area contributed by atoms with Crippen LogP contribution in [0.2, 0.25) is 0 Å². The third kappa shape index (κ3) is 4.40. The quantitative estimate of drug-likeness (QED) is 0.731. The number of hydrazine groups is 1. The van der Waals surface area contributed by atoms with E-state index in [-0.39, 0.29) is 0 Å². The maximum atomic E-state index is 5.91. The van der Waals surface area contributed by atoms with E-state index in [1.807, 2.05) is 0 Å². The lowest BCUT2D eigenvalue weighted by molar-refractivity contribution is 0.130. The third-order valence-electron chi connectivity index (χ3n) is 1.98. The SMILES string of the molecule is CCSC1=NCN(CC(C)(C)C)CN1N. The van der Waals surface area contributed by atoms with Crippen LogP contribution in [-0.2, 0) is 0 Å². The summed E-state index contributed by atoms with van der Waals surface area (Å²) in [5, 5.41) is 2.70. The van der Waals surface area contributed by atoms with Crippen LogP contribution in [-0.4, -0.2) is 40.7 Å². The zero-order valence-electron chi connectivity index (χ0n) is 10.2. The maximum absolute atomic E-state index is 5.91. The highest BCUT2D eigenvalue weighted by Gasteiger charge is 2.22. The first-order valence-electron chi connectivity index (χ1n) is 5.34. The van der Waals surface area contributed by atoms with Crippen molar-refractivity contribution >= 4 is 16.9 Å². The van der Waals surface area contributed by atoms with E-state index >= 15 is 0 Å². The van der Waals surface area contributed by atoms with Crippen LogP contribution in [0.25, 0.3) is 0 Å². The maximum Gasteiger partial charge on any atom is 0.176 e. The van der Waals surface area contributed by atoms with Crippen molar-refractivity contribution in [2.24, 2.45) is 16.3 Å². The van der Waals surface area contributed by atoms with Crippen LogP contribution in [0.1, 0.15) is 27.7 Å². The lowest BCUT2D eigenvalue weighted by Gasteiger charge is -2.35. The van der Waals surface area contributed by atoms with Gasteiger partial charge in [-0.3, -0.25) is 9.91 Å². The van der Waals surface area contributed by atoms with Crippen LogP contribution in [0, 0.1) is 5.41 Å². The molecule has 0 aliphatic carbocycles. The molecule has 15 heavy (non-hydrogen) atoms. The van der Waals surface area contributed by atoms with Crippen LogP contribution >= 0.6 is 11.8 Å². The van der Waals surface area contributed by atoms with Crippen molar-refractivity contribution in [3.05, 3.63) is 0 Å². The van der Waals surface area contributed by atoms with Crippen molar-refractivity contribution in [1.29, 1.82) is 0 Å². The second kappa shape index (κ2) is 5.18. The van der Waals surface area contributed by atoms with E-state index in [2.05, 4.69) is 37.6 Å². The molecule has 4 nitrogen and oxygen atoms in total. The minimum absolute atomic E-state index is 0.297. The van der Waals surface area contributed by atoms with Gasteiger partial charge in [0.15, 0.2) is 5.17 Å². The van der Waals surface area contributed by atoms with Crippen molar-refractivity contribution in [1.82, 2.24) is 9.91 Å². The Hall–Kier alpha value is -0.260. The summed E-state index contributed by atoms with van der Waals surface area (Å²) in [6, 6.07) is 0. The van der Waals surface area contributed by atoms with Gasteiger partial charge in [-0.05, 0) is 11.2 Å². The molecule has 1 heterocycles. The standard InChI is InChI=1S/C10H22N4S/c1-5-15-9-12-7-13(8-14(9)11)6-10(2,3)4/h5-8,11H2,1-4H3. The molecule has 0 unspecified atom stereocenters. The number of hydrogen-bond donors (Lipinski definition) is 1. The van der Waals surface area contributed by atoms with Crippen molar-refractivity contribution < 1.29 is 0 Å². The molecule has 0 amide bonds. The second-order valence-corrected chi connectivity index (χ2v) is 6.25. The van der Waals surface area contributed by atoms with E-state index < -0.39 is 0 Å². The molecule has 1 aliphatic heterocycles. The van der Waals surface area contributed by atoms with E-state index in [1.165, 1.54) is 0 Å². The van der Waals surface area contributed by atoms with Crippen molar-refractivity contribution in [2.45, 2.75) is 27.7 Å². The van der Waals surface area contributed by atoms with Crippen molar-refractivity contribution in [2.75, 3.05) is 25.6 Å². The van der Waals surface area contributed by atoms with Gasteiger partial charge in [0.2, 0.25) is 0 Å². The van der Waals surface area contributed by atoms with E-state index in [1.54, 1.807) is 16.8 Å². The van der Waals surface area contributed by atoms with E-state index in [4.69, 9.17) is 5.84 Å². The van der Waals surface area contributed by atoms with Gasteiger partial charge >= 0.3 is 0 Å². The van der Waals surface area contributed by atoms with Crippen LogP contribution in [0.3, 0.4) is 0 Å². The van der Waals surface area contributed by atoms with Gasteiger partial charge in [-0.25, -0.2) is 10.8 Å². The molecule has 0 aromatic carbocycles. The van der Waals surface area contributed by atoms with Gasteiger partial charge in [-0.15, -0.1) is 0 Å². The average Bonchev–Trinajstić information content (AvgIpc) is 2.07. The fraction of sp³-hybridized carbons (Fsp3) is 0.900. The Labute approximate surface area is 96.9 Å². The Kier molecular flexibility index (Phi) is 4.43. The predicted molar refractivity (Wildman–Crippen MR) is 67.5 cm³/mol. The largest absolute Gasteiger partial charge is 0.275 e. The molecule has 1 rings (SSSR count). The lowest BCUT2D eigenvalue weighted by atomic mass is 9.96. The summed E-state index contributed by atoms with van der Waals surface area (Å²) >= 11 is 1.70. The molecule has 0 aromatic heterocycles. The van der Waals surface area contributed by atoms with Gasteiger partial charge in [-0.2, -0.15) is 0 Å². The van der Waals surface area contributed by atoms with Gasteiger partial charge in [0.25, 0.3) is 0 Å². The monoisotopic (exact) mass is 230 g/mol.